The Kier molecular flexibility index (Phi) is 5.38. The monoisotopic (exact) mass is 421 g/mol. The molecule has 162 valence electrons. The summed E-state index contributed by atoms with van der Waals surface area (Å²) in [5.74, 6) is 0.00757. The minimum atomic E-state index is -0.371. The number of fused-ring (bicyclic) bond motifs is 3. The Morgan fingerprint density at radius 2 is 1.97 bits per heavy atom. The zero-order chi connectivity index (χ0) is 21.4. The van der Waals surface area contributed by atoms with Crippen LogP contribution in [0.5, 0.6) is 5.75 Å². The number of ether oxygens (including phenoxy) is 1. The minimum Gasteiger partial charge on any atom is -0.492 e. The van der Waals surface area contributed by atoms with Crippen LogP contribution < -0.4 is 10.1 Å². The smallest absolute Gasteiger partial charge is 0.234 e. The number of hydrogen-bond acceptors (Lipinski definition) is 6. The summed E-state index contributed by atoms with van der Waals surface area (Å²) in [7, 11) is 2.16. The molecular weight excluding hydrogens is 394 g/mol. The fourth-order valence-electron chi connectivity index (χ4n) is 4.57. The van der Waals surface area contributed by atoms with Crippen molar-refractivity contribution < 1.29 is 18.7 Å². The van der Waals surface area contributed by atoms with Crippen molar-refractivity contribution in [2.24, 2.45) is 0 Å². The molecule has 3 heterocycles. The number of nitrogens with zero attached hydrogens (tertiary/aromatic N) is 2. The Morgan fingerprint density at radius 3 is 2.77 bits per heavy atom. The van der Waals surface area contributed by atoms with Crippen LogP contribution in [0.15, 0.2) is 41.0 Å². The number of carbonyl (C=O) groups is 2. The van der Waals surface area contributed by atoms with Gasteiger partial charge in [0.2, 0.25) is 11.8 Å². The Balaban J connectivity index is 1.35. The van der Waals surface area contributed by atoms with Gasteiger partial charge in [0, 0.05) is 50.1 Å². The molecule has 2 amide bonds. The standard InChI is InChI=1S/C24H27N3O4/c1-26-8-10-27(11-9-26)12-13-30-17-3-4-18-16(14-17)2-6-21-23(18)20(15-31-21)19-5-7-22(28)25-24(19)29/h2-4,6,14-15,19H,5,7-13H2,1H3,(H,25,28,29). The second-order valence-electron chi connectivity index (χ2n) is 8.51. The molecule has 0 spiro atoms. The van der Waals surface area contributed by atoms with E-state index in [0.29, 0.717) is 19.4 Å². The van der Waals surface area contributed by atoms with Gasteiger partial charge < -0.3 is 14.1 Å². The quantitative estimate of drug-likeness (QED) is 0.639. The molecule has 0 bridgehead atoms. The molecule has 5 rings (SSSR count). The van der Waals surface area contributed by atoms with E-state index in [-0.39, 0.29) is 17.7 Å². The second kappa shape index (κ2) is 8.32. The lowest BCUT2D eigenvalue weighted by atomic mass is 9.89. The van der Waals surface area contributed by atoms with Gasteiger partial charge in [0.15, 0.2) is 0 Å². The normalized spacial score (nSPS) is 21.0. The zero-order valence-corrected chi connectivity index (χ0v) is 17.7. The van der Waals surface area contributed by atoms with Gasteiger partial charge in [-0.3, -0.25) is 19.8 Å². The fourth-order valence-corrected chi connectivity index (χ4v) is 4.57. The number of amides is 2. The largest absolute Gasteiger partial charge is 0.492 e. The van der Waals surface area contributed by atoms with Gasteiger partial charge in [0.05, 0.1) is 12.2 Å². The highest BCUT2D eigenvalue weighted by Crippen LogP contribution is 2.37. The van der Waals surface area contributed by atoms with Crippen molar-refractivity contribution in [3.05, 3.63) is 42.2 Å². The maximum atomic E-state index is 12.4. The van der Waals surface area contributed by atoms with Gasteiger partial charge in [0.1, 0.15) is 17.9 Å². The summed E-state index contributed by atoms with van der Waals surface area (Å²) in [6.45, 7) is 5.95. The number of hydrogen-bond donors (Lipinski definition) is 1. The number of furan rings is 1. The topological polar surface area (TPSA) is 75.0 Å². The van der Waals surface area contributed by atoms with Gasteiger partial charge in [-0.15, -0.1) is 0 Å². The number of benzene rings is 2. The van der Waals surface area contributed by atoms with Gasteiger partial charge in [-0.25, -0.2) is 0 Å². The number of nitrogens with one attached hydrogen (secondary N) is 1. The van der Waals surface area contributed by atoms with Crippen molar-refractivity contribution in [2.45, 2.75) is 18.8 Å². The summed E-state index contributed by atoms with van der Waals surface area (Å²) in [5.41, 5.74) is 1.59. The van der Waals surface area contributed by atoms with E-state index >= 15 is 0 Å². The van der Waals surface area contributed by atoms with E-state index in [1.54, 1.807) is 6.26 Å². The van der Waals surface area contributed by atoms with Crippen LogP contribution in [0.4, 0.5) is 0 Å². The molecule has 2 aliphatic rings. The maximum absolute atomic E-state index is 12.4. The van der Waals surface area contributed by atoms with Crippen LogP contribution in [-0.2, 0) is 9.59 Å². The summed E-state index contributed by atoms with van der Waals surface area (Å²) < 4.78 is 11.8. The molecule has 1 N–H and O–H groups in total. The highest BCUT2D eigenvalue weighted by Gasteiger charge is 2.31. The van der Waals surface area contributed by atoms with Gasteiger partial charge in [0.25, 0.3) is 0 Å². The van der Waals surface area contributed by atoms with Crippen LogP contribution in [0.25, 0.3) is 21.7 Å². The van der Waals surface area contributed by atoms with Crippen molar-refractivity contribution in [2.75, 3.05) is 46.4 Å². The molecule has 0 saturated carbocycles. The lowest BCUT2D eigenvalue weighted by molar-refractivity contribution is -0.134. The number of carbonyl (C=O) groups excluding carboxylic acids is 2. The van der Waals surface area contributed by atoms with Gasteiger partial charge >= 0.3 is 0 Å². The first-order valence-electron chi connectivity index (χ1n) is 10.9. The predicted octanol–water partition coefficient (Wildman–Crippen LogP) is 2.73. The molecule has 0 radical (unpaired) electrons. The van der Waals surface area contributed by atoms with Crippen molar-refractivity contribution in [1.82, 2.24) is 15.1 Å². The predicted molar refractivity (Wildman–Crippen MR) is 118 cm³/mol. The van der Waals surface area contributed by atoms with E-state index in [9.17, 15) is 9.59 Å². The van der Waals surface area contributed by atoms with Crippen LogP contribution in [0, 0.1) is 0 Å². The van der Waals surface area contributed by atoms with Crippen molar-refractivity contribution in [3.8, 4) is 5.75 Å². The first-order chi connectivity index (χ1) is 15.1. The van der Waals surface area contributed by atoms with E-state index < -0.39 is 0 Å². The molecular formula is C24H27N3O4. The zero-order valence-electron chi connectivity index (χ0n) is 17.7. The Bertz CT molecular complexity index is 1130. The molecule has 2 aromatic carbocycles. The first kappa shape index (κ1) is 20.0. The van der Waals surface area contributed by atoms with Crippen molar-refractivity contribution in [1.29, 1.82) is 0 Å². The minimum absolute atomic E-state index is 0.211. The number of piperidine rings is 1. The molecule has 2 saturated heterocycles. The third kappa shape index (κ3) is 4.03. The number of piperazine rings is 1. The lowest BCUT2D eigenvalue weighted by Crippen LogP contribution is -2.45. The first-order valence-corrected chi connectivity index (χ1v) is 10.9. The van der Waals surface area contributed by atoms with E-state index in [1.807, 2.05) is 30.3 Å². The van der Waals surface area contributed by atoms with Gasteiger partial charge in [-0.1, -0.05) is 6.07 Å². The van der Waals surface area contributed by atoms with Crippen molar-refractivity contribution >= 4 is 33.6 Å². The number of rotatable bonds is 5. The molecule has 7 nitrogen and oxygen atoms in total. The van der Waals surface area contributed by atoms with Crippen molar-refractivity contribution in [3.63, 3.8) is 0 Å². The fraction of sp³-hybridized carbons (Fsp3) is 0.417. The molecule has 31 heavy (non-hydrogen) atoms. The summed E-state index contributed by atoms with van der Waals surface area (Å²) in [5, 5.41) is 5.45. The van der Waals surface area contributed by atoms with Gasteiger partial charge in [-0.2, -0.15) is 0 Å². The van der Waals surface area contributed by atoms with Gasteiger partial charge in [-0.05, 0) is 48.5 Å². The maximum Gasteiger partial charge on any atom is 0.234 e. The van der Waals surface area contributed by atoms with E-state index in [1.165, 1.54) is 0 Å². The average Bonchev–Trinajstić information content (AvgIpc) is 3.19. The van der Waals surface area contributed by atoms with E-state index in [0.717, 1.165) is 65.8 Å². The van der Waals surface area contributed by atoms with E-state index in [2.05, 4.69) is 22.2 Å². The Hall–Kier alpha value is -2.90. The van der Waals surface area contributed by atoms with Crippen LogP contribution in [-0.4, -0.2) is 68.0 Å². The van der Waals surface area contributed by atoms with E-state index in [4.69, 9.17) is 9.15 Å². The summed E-state index contributed by atoms with van der Waals surface area (Å²) in [6, 6.07) is 10.0. The molecule has 0 aliphatic carbocycles. The van der Waals surface area contributed by atoms with Crippen LogP contribution in [0.3, 0.4) is 0 Å². The van der Waals surface area contributed by atoms with Crippen LogP contribution in [0.1, 0.15) is 24.3 Å². The van der Waals surface area contributed by atoms with Crippen LogP contribution in [0.2, 0.25) is 0 Å². The Morgan fingerprint density at radius 1 is 1.13 bits per heavy atom. The SMILES string of the molecule is CN1CCN(CCOc2ccc3c(ccc4occ(C5CCC(=O)NC5=O)c43)c2)CC1. The molecule has 1 atom stereocenters. The average molecular weight is 421 g/mol. The van der Waals surface area contributed by atoms with Crippen LogP contribution >= 0.6 is 0 Å². The third-order valence-electron chi connectivity index (χ3n) is 6.44. The summed E-state index contributed by atoms with van der Waals surface area (Å²) in [6.07, 6.45) is 2.51. The second-order valence-corrected chi connectivity index (χ2v) is 8.51. The molecule has 2 fully saturated rings. The summed E-state index contributed by atoms with van der Waals surface area (Å²) in [4.78, 5) is 28.7. The number of likely N-dealkylation sites (N-methyl/N-ethyl adjacent to an activating group) is 1. The summed E-state index contributed by atoms with van der Waals surface area (Å²) >= 11 is 0. The molecule has 7 heteroatoms. The Labute approximate surface area is 180 Å². The third-order valence-corrected chi connectivity index (χ3v) is 6.44. The molecule has 1 aromatic heterocycles. The highest BCUT2D eigenvalue weighted by atomic mass is 16.5. The number of imide groups is 1. The highest BCUT2D eigenvalue weighted by molar-refractivity contribution is 6.10. The molecule has 1 unspecified atom stereocenters. The molecule has 3 aromatic rings. The molecule has 2 aliphatic heterocycles. The lowest BCUT2D eigenvalue weighted by Gasteiger charge is -2.32.